The molecule has 0 unspecified atom stereocenters. The van der Waals surface area contributed by atoms with E-state index in [-0.39, 0.29) is 36.4 Å². The van der Waals surface area contributed by atoms with Gasteiger partial charge >= 0.3 is 6.03 Å². The Morgan fingerprint density at radius 3 is 2.70 bits per heavy atom. The van der Waals surface area contributed by atoms with Crippen LogP contribution in [0.1, 0.15) is 26.3 Å². The van der Waals surface area contributed by atoms with E-state index in [4.69, 9.17) is 4.74 Å². The summed E-state index contributed by atoms with van der Waals surface area (Å²) in [6.07, 6.45) is 0.212. The molecule has 7 nitrogen and oxygen atoms in total. The van der Waals surface area contributed by atoms with Gasteiger partial charge in [0.1, 0.15) is 11.9 Å². The van der Waals surface area contributed by atoms with Crippen LogP contribution in [0.15, 0.2) is 18.2 Å². The second kappa shape index (κ2) is 9.08. The van der Waals surface area contributed by atoms with Crippen LogP contribution in [0.2, 0.25) is 0 Å². The molecule has 0 spiro atoms. The maximum atomic E-state index is 12.6. The zero-order chi connectivity index (χ0) is 20.1. The number of benzene rings is 1. The van der Waals surface area contributed by atoms with E-state index in [0.29, 0.717) is 18.0 Å². The number of carbonyl (C=O) groups excluding carboxylic acids is 2. The van der Waals surface area contributed by atoms with Gasteiger partial charge in [0, 0.05) is 43.3 Å². The lowest BCUT2D eigenvalue weighted by molar-refractivity contribution is -0.129. The third kappa shape index (κ3) is 6.13. The van der Waals surface area contributed by atoms with Crippen LogP contribution in [-0.4, -0.2) is 68.1 Å². The Bertz CT molecular complexity index is 675. The van der Waals surface area contributed by atoms with Crippen LogP contribution in [0.25, 0.3) is 0 Å². The van der Waals surface area contributed by atoms with Crippen LogP contribution in [-0.2, 0) is 11.2 Å². The van der Waals surface area contributed by atoms with Crippen molar-refractivity contribution in [3.8, 4) is 5.75 Å². The maximum absolute atomic E-state index is 12.6. The molecule has 2 rings (SSSR count). The largest absolute Gasteiger partial charge is 0.488 e. The molecule has 150 valence electrons. The van der Waals surface area contributed by atoms with E-state index in [9.17, 15) is 9.59 Å². The van der Waals surface area contributed by atoms with Crippen molar-refractivity contribution in [1.82, 2.24) is 15.1 Å². The van der Waals surface area contributed by atoms with Gasteiger partial charge in [-0.15, -0.1) is 0 Å². The van der Waals surface area contributed by atoms with E-state index in [2.05, 4.69) is 22.5 Å². The summed E-state index contributed by atoms with van der Waals surface area (Å²) in [6, 6.07) is 5.25. The molecule has 27 heavy (non-hydrogen) atoms. The summed E-state index contributed by atoms with van der Waals surface area (Å²) in [6.45, 7) is 7.32. The van der Waals surface area contributed by atoms with Gasteiger partial charge in [0.25, 0.3) is 0 Å². The molecule has 2 atom stereocenters. The molecule has 0 radical (unpaired) electrons. The zero-order valence-corrected chi connectivity index (χ0v) is 17.2. The van der Waals surface area contributed by atoms with Gasteiger partial charge in [-0.05, 0) is 46.1 Å². The number of hydrogen-bond acceptors (Lipinski definition) is 4. The van der Waals surface area contributed by atoms with Gasteiger partial charge in [-0.25, -0.2) is 4.79 Å². The van der Waals surface area contributed by atoms with Gasteiger partial charge in [0.15, 0.2) is 0 Å². The fourth-order valence-corrected chi connectivity index (χ4v) is 3.15. The minimum Gasteiger partial charge on any atom is -0.488 e. The fraction of sp³-hybridized carbons (Fsp3) is 0.600. The van der Waals surface area contributed by atoms with E-state index in [1.54, 1.807) is 4.90 Å². The SMILES string of the molecule is CC(C)NC(=O)Nc1ccc2c(c1)CC(=O)N(C)C[C@@H](C)[C@@H](CN(C)C)O2. The Morgan fingerprint density at radius 1 is 1.37 bits per heavy atom. The Kier molecular flexibility index (Phi) is 7.07. The zero-order valence-electron chi connectivity index (χ0n) is 17.2. The second-order valence-electron chi connectivity index (χ2n) is 7.92. The highest BCUT2D eigenvalue weighted by atomic mass is 16.5. The topological polar surface area (TPSA) is 73.9 Å². The van der Waals surface area contributed by atoms with E-state index < -0.39 is 0 Å². The first kappa shape index (κ1) is 21.0. The monoisotopic (exact) mass is 376 g/mol. The van der Waals surface area contributed by atoms with Gasteiger partial charge in [-0.1, -0.05) is 6.92 Å². The molecule has 0 saturated carbocycles. The Hall–Kier alpha value is -2.28. The summed E-state index contributed by atoms with van der Waals surface area (Å²) < 4.78 is 6.31. The highest BCUT2D eigenvalue weighted by molar-refractivity contribution is 5.90. The molecule has 3 amide bonds. The van der Waals surface area contributed by atoms with Crippen molar-refractivity contribution in [2.45, 2.75) is 39.3 Å². The van der Waals surface area contributed by atoms with Crippen molar-refractivity contribution in [3.05, 3.63) is 23.8 Å². The predicted molar refractivity (Wildman–Crippen MR) is 107 cm³/mol. The first-order valence-electron chi connectivity index (χ1n) is 9.41. The summed E-state index contributed by atoms with van der Waals surface area (Å²) in [5.41, 5.74) is 1.43. The van der Waals surface area contributed by atoms with Crippen molar-refractivity contribution in [3.63, 3.8) is 0 Å². The van der Waals surface area contributed by atoms with Gasteiger partial charge in [-0.3, -0.25) is 4.79 Å². The lowest BCUT2D eigenvalue weighted by atomic mass is 10.0. The van der Waals surface area contributed by atoms with E-state index in [1.165, 1.54) is 0 Å². The number of nitrogens with one attached hydrogen (secondary N) is 2. The summed E-state index contributed by atoms with van der Waals surface area (Å²) in [4.78, 5) is 28.4. The first-order chi connectivity index (χ1) is 12.7. The molecule has 0 bridgehead atoms. The third-order valence-corrected chi connectivity index (χ3v) is 4.53. The predicted octanol–water partition coefficient (Wildman–Crippen LogP) is 2.18. The minimum absolute atomic E-state index is 0.0323. The molecule has 1 aromatic rings. The van der Waals surface area contributed by atoms with E-state index in [0.717, 1.165) is 12.1 Å². The summed E-state index contributed by atoms with van der Waals surface area (Å²) in [5.74, 6) is 0.940. The van der Waals surface area contributed by atoms with Crippen LogP contribution in [0.3, 0.4) is 0 Å². The average Bonchev–Trinajstić information content (AvgIpc) is 2.57. The third-order valence-electron chi connectivity index (χ3n) is 4.53. The van der Waals surface area contributed by atoms with Gasteiger partial charge < -0.3 is 25.2 Å². The molecule has 0 saturated heterocycles. The number of rotatable bonds is 4. The summed E-state index contributed by atoms with van der Waals surface area (Å²) in [5, 5.41) is 5.61. The van der Waals surface area contributed by atoms with Crippen LogP contribution in [0.5, 0.6) is 5.75 Å². The second-order valence-corrected chi connectivity index (χ2v) is 7.92. The van der Waals surface area contributed by atoms with Crippen molar-refractivity contribution in [1.29, 1.82) is 0 Å². The smallest absolute Gasteiger partial charge is 0.319 e. The van der Waals surface area contributed by atoms with E-state index >= 15 is 0 Å². The highest BCUT2D eigenvalue weighted by Crippen LogP contribution is 2.28. The highest BCUT2D eigenvalue weighted by Gasteiger charge is 2.27. The van der Waals surface area contributed by atoms with Crippen LogP contribution < -0.4 is 15.4 Å². The van der Waals surface area contributed by atoms with Crippen LogP contribution in [0.4, 0.5) is 10.5 Å². The number of amides is 3. The molecular formula is C20H32N4O3. The van der Waals surface area contributed by atoms with Crippen LogP contribution >= 0.6 is 0 Å². The number of nitrogens with zero attached hydrogens (tertiary/aromatic N) is 2. The molecule has 7 heteroatoms. The van der Waals surface area contributed by atoms with Crippen molar-refractivity contribution in [2.24, 2.45) is 5.92 Å². The van der Waals surface area contributed by atoms with Crippen molar-refractivity contribution < 1.29 is 14.3 Å². The molecular weight excluding hydrogens is 344 g/mol. The lowest BCUT2D eigenvalue weighted by Crippen LogP contribution is -2.41. The first-order valence-corrected chi connectivity index (χ1v) is 9.41. The van der Waals surface area contributed by atoms with Gasteiger partial charge in [-0.2, -0.15) is 0 Å². The molecule has 0 aliphatic carbocycles. The quantitative estimate of drug-likeness (QED) is 0.845. The molecule has 1 aliphatic heterocycles. The van der Waals surface area contributed by atoms with Crippen molar-refractivity contribution in [2.75, 3.05) is 39.5 Å². The molecule has 0 aromatic heterocycles. The minimum atomic E-state index is -0.267. The lowest BCUT2D eigenvalue weighted by Gasteiger charge is -2.29. The summed E-state index contributed by atoms with van der Waals surface area (Å²) >= 11 is 0. The Balaban J connectivity index is 2.29. The average molecular weight is 377 g/mol. The van der Waals surface area contributed by atoms with Gasteiger partial charge in [0.05, 0.1) is 6.42 Å². The normalized spacial score (nSPS) is 20.4. The van der Waals surface area contributed by atoms with Crippen molar-refractivity contribution >= 4 is 17.6 Å². The molecule has 1 aliphatic rings. The molecule has 0 fully saturated rings. The molecule has 1 heterocycles. The van der Waals surface area contributed by atoms with Crippen LogP contribution in [0, 0.1) is 5.92 Å². The molecule has 1 aromatic carbocycles. The number of urea groups is 1. The molecule has 2 N–H and O–H groups in total. The Morgan fingerprint density at radius 2 is 2.07 bits per heavy atom. The van der Waals surface area contributed by atoms with Gasteiger partial charge in [0.2, 0.25) is 5.91 Å². The van der Waals surface area contributed by atoms with E-state index in [1.807, 2.05) is 53.2 Å². The number of ether oxygens (including phenoxy) is 1. The maximum Gasteiger partial charge on any atom is 0.319 e. The number of carbonyl (C=O) groups is 2. The number of hydrogen-bond donors (Lipinski definition) is 2. The number of fused-ring (bicyclic) bond motifs is 1. The summed E-state index contributed by atoms with van der Waals surface area (Å²) in [7, 11) is 5.85. The number of anilines is 1. The fourth-order valence-electron chi connectivity index (χ4n) is 3.15. The Labute approximate surface area is 162 Å². The number of likely N-dealkylation sites (N-methyl/N-ethyl adjacent to an activating group) is 2. The standard InChI is InChI=1S/C20H32N4O3/c1-13(2)21-20(26)22-16-7-8-17-15(9-16)10-19(25)24(6)11-14(3)18(27-17)12-23(4)5/h7-9,13-14,18H,10-12H2,1-6H3,(H2,21,22,26)/t14-,18-/m1/s1.